The molecule has 3 nitrogen and oxygen atoms in total. The standard InChI is InChI=1S/C16H8ClFN2OS/c17-10-4-3-5-11(18)9(10)8-14-15(21)20-13-7-2-1-6-12(13)19-16(20)22-14/h1-8H/b14-8-. The number of hydrogen-bond acceptors (Lipinski definition) is 3. The van der Waals surface area contributed by atoms with E-state index in [1.165, 1.54) is 29.5 Å². The van der Waals surface area contributed by atoms with Crippen molar-refractivity contribution in [2.45, 2.75) is 0 Å². The number of hydrogen-bond donors (Lipinski definition) is 0. The molecule has 0 bridgehead atoms. The summed E-state index contributed by atoms with van der Waals surface area (Å²) < 4.78 is 15.8. The van der Waals surface area contributed by atoms with Gasteiger partial charge in [-0.2, -0.15) is 0 Å². The Kier molecular flexibility index (Phi) is 2.99. The molecule has 6 heteroatoms. The monoisotopic (exact) mass is 330 g/mol. The molecule has 0 saturated heterocycles. The first kappa shape index (κ1) is 13.4. The molecule has 0 N–H and O–H groups in total. The third kappa shape index (κ3) is 1.94. The Hall–Kier alpha value is -2.24. The summed E-state index contributed by atoms with van der Waals surface area (Å²) in [6.45, 7) is 0. The van der Waals surface area contributed by atoms with Crippen molar-refractivity contribution >= 4 is 45.0 Å². The van der Waals surface area contributed by atoms with Crippen molar-refractivity contribution in [1.82, 2.24) is 9.38 Å². The third-order valence-corrected chi connectivity index (χ3v) is 4.72. The molecule has 4 rings (SSSR count). The van der Waals surface area contributed by atoms with Gasteiger partial charge in [-0.1, -0.05) is 41.1 Å². The van der Waals surface area contributed by atoms with Gasteiger partial charge in [-0.3, -0.25) is 4.79 Å². The number of imidazole rings is 1. The van der Waals surface area contributed by atoms with Crippen molar-refractivity contribution in [3.05, 3.63) is 73.8 Å². The average molecular weight is 331 g/mol. The normalized spacial score (nSPS) is 12.5. The fourth-order valence-corrected chi connectivity index (χ4v) is 3.58. The Bertz CT molecular complexity index is 1110. The fourth-order valence-electron chi connectivity index (χ4n) is 2.39. The second-order valence-corrected chi connectivity index (χ2v) is 6.19. The highest BCUT2D eigenvalue weighted by molar-refractivity contribution is 7.15. The maximum atomic E-state index is 13.9. The van der Waals surface area contributed by atoms with Crippen molar-refractivity contribution in [2.75, 3.05) is 0 Å². The highest BCUT2D eigenvalue weighted by Crippen LogP contribution is 2.20. The van der Waals surface area contributed by atoms with E-state index >= 15 is 0 Å². The molecule has 0 radical (unpaired) electrons. The number of benzene rings is 2. The zero-order valence-corrected chi connectivity index (χ0v) is 12.7. The number of aromatic nitrogens is 2. The lowest BCUT2D eigenvalue weighted by molar-refractivity contribution is 0.625. The van der Waals surface area contributed by atoms with E-state index in [0.29, 0.717) is 9.49 Å². The van der Waals surface area contributed by atoms with Crippen LogP contribution in [0, 0.1) is 5.82 Å². The third-order valence-electron chi connectivity index (χ3n) is 3.42. The maximum Gasteiger partial charge on any atom is 0.274 e. The van der Waals surface area contributed by atoms with Crippen LogP contribution in [0.3, 0.4) is 0 Å². The minimum Gasteiger partial charge on any atom is -0.267 e. The van der Waals surface area contributed by atoms with Gasteiger partial charge in [-0.05, 0) is 30.3 Å². The summed E-state index contributed by atoms with van der Waals surface area (Å²) in [5, 5.41) is 0.273. The molecular weight excluding hydrogens is 323 g/mol. The summed E-state index contributed by atoms with van der Waals surface area (Å²) in [6.07, 6.45) is 1.48. The molecule has 0 aliphatic rings. The zero-order chi connectivity index (χ0) is 15.3. The Labute approximate surface area is 132 Å². The summed E-state index contributed by atoms with van der Waals surface area (Å²) in [4.78, 5) is 17.6. The van der Waals surface area contributed by atoms with Gasteiger partial charge >= 0.3 is 0 Å². The van der Waals surface area contributed by atoms with Gasteiger partial charge in [0.05, 0.1) is 20.6 Å². The summed E-state index contributed by atoms with van der Waals surface area (Å²) in [6, 6.07) is 11.9. The molecule has 4 aromatic rings. The van der Waals surface area contributed by atoms with E-state index in [9.17, 15) is 9.18 Å². The van der Waals surface area contributed by atoms with Gasteiger partial charge in [0.15, 0.2) is 4.96 Å². The fraction of sp³-hybridized carbons (Fsp3) is 0. The summed E-state index contributed by atoms with van der Waals surface area (Å²) in [5.41, 5.74) is 1.52. The first-order valence-corrected chi connectivity index (χ1v) is 7.70. The first-order valence-electron chi connectivity index (χ1n) is 6.51. The minimum atomic E-state index is -0.456. The molecule has 0 spiro atoms. The molecule has 0 amide bonds. The lowest BCUT2D eigenvalue weighted by Crippen LogP contribution is -2.22. The van der Waals surface area contributed by atoms with Crippen LogP contribution < -0.4 is 10.1 Å². The van der Waals surface area contributed by atoms with Crippen molar-refractivity contribution in [1.29, 1.82) is 0 Å². The smallest absolute Gasteiger partial charge is 0.267 e. The van der Waals surface area contributed by atoms with E-state index in [1.54, 1.807) is 10.5 Å². The molecule has 0 saturated carbocycles. The Morgan fingerprint density at radius 3 is 2.82 bits per heavy atom. The van der Waals surface area contributed by atoms with Gasteiger partial charge in [-0.15, -0.1) is 0 Å². The molecule has 0 fully saturated rings. The lowest BCUT2D eigenvalue weighted by Gasteiger charge is -1.97. The largest absolute Gasteiger partial charge is 0.274 e. The number of para-hydroxylation sites is 2. The van der Waals surface area contributed by atoms with Gasteiger partial charge in [0.2, 0.25) is 0 Å². The predicted octanol–water partition coefficient (Wildman–Crippen LogP) is 3.25. The van der Waals surface area contributed by atoms with Gasteiger partial charge < -0.3 is 0 Å². The molecular formula is C16H8ClFN2OS. The van der Waals surface area contributed by atoms with Crippen molar-refractivity contribution in [2.24, 2.45) is 0 Å². The van der Waals surface area contributed by atoms with Crippen LogP contribution >= 0.6 is 22.9 Å². The highest BCUT2D eigenvalue weighted by Gasteiger charge is 2.11. The number of halogens is 2. The van der Waals surface area contributed by atoms with E-state index in [1.807, 2.05) is 24.3 Å². The van der Waals surface area contributed by atoms with Crippen LogP contribution in [0.25, 0.3) is 22.1 Å². The topological polar surface area (TPSA) is 34.4 Å². The van der Waals surface area contributed by atoms with Crippen LogP contribution in [0.1, 0.15) is 5.56 Å². The predicted molar refractivity (Wildman–Crippen MR) is 87.0 cm³/mol. The van der Waals surface area contributed by atoms with E-state index in [-0.39, 0.29) is 16.1 Å². The van der Waals surface area contributed by atoms with Crippen molar-refractivity contribution in [3.8, 4) is 0 Å². The number of rotatable bonds is 1. The van der Waals surface area contributed by atoms with Crippen LogP contribution in [0.15, 0.2) is 47.3 Å². The van der Waals surface area contributed by atoms with Crippen LogP contribution in [-0.2, 0) is 0 Å². The van der Waals surface area contributed by atoms with Crippen molar-refractivity contribution < 1.29 is 4.39 Å². The maximum absolute atomic E-state index is 13.9. The summed E-state index contributed by atoms with van der Waals surface area (Å²) in [5.74, 6) is -0.456. The summed E-state index contributed by atoms with van der Waals surface area (Å²) in [7, 11) is 0. The SMILES string of the molecule is O=c1/c(=C/c2c(F)cccc2Cl)sc2nc3ccccc3n12. The van der Waals surface area contributed by atoms with Gasteiger partial charge in [0, 0.05) is 5.56 Å². The zero-order valence-electron chi connectivity index (χ0n) is 11.1. The van der Waals surface area contributed by atoms with Gasteiger partial charge in [0.25, 0.3) is 5.56 Å². The van der Waals surface area contributed by atoms with Crippen molar-refractivity contribution in [3.63, 3.8) is 0 Å². The van der Waals surface area contributed by atoms with E-state index < -0.39 is 5.82 Å². The van der Waals surface area contributed by atoms with Crippen LogP contribution in [0.2, 0.25) is 5.02 Å². The van der Waals surface area contributed by atoms with Crippen LogP contribution in [0.4, 0.5) is 4.39 Å². The number of nitrogens with zero attached hydrogens (tertiary/aromatic N) is 2. The molecule has 0 aliphatic heterocycles. The minimum absolute atomic E-state index is 0.215. The molecule has 2 heterocycles. The molecule has 2 aromatic carbocycles. The quantitative estimate of drug-likeness (QED) is 0.537. The molecule has 2 aromatic heterocycles. The van der Waals surface area contributed by atoms with E-state index in [0.717, 1.165) is 11.0 Å². The molecule has 108 valence electrons. The molecule has 0 unspecified atom stereocenters. The van der Waals surface area contributed by atoms with Crippen LogP contribution in [-0.4, -0.2) is 9.38 Å². The second kappa shape index (κ2) is 4.90. The first-order chi connectivity index (χ1) is 10.6. The van der Waals surface area contributed by atoms with Crippen LogP contribution in [0.5, 0.6) is 0 Å². The number of fused-ring (bicyclic) bond motifs is 3. The number of thiazole rings is 1. The van der Waals surface area contributed by atoms with Gasteiger partial charge in [-0.25, -0.2) is 13.8 Å². The molecule has 0 atom stereocenters. The average Bonchev–Trinajstić information content (AvgIpc) is 3.00. The Balaban J connectivity index is 2.06. The lowest BCUT2D eigenvalue weighted by atomic mass is 10.2. The van der Waals surface area contributed by atoms with E-state index in [4.69, 9.17) is 11.6 Å². The second-order valence-electron chi connectivity index (χ2n) is 4.77. The Morgan fingerprint density at radius 1 is 1.18 bits per heavy atom. The van der Waals surface area contributed by atoms with E-state index in [2.05, 4.69) is 4.98 Å². The Morgan fingerprint density at radius 2 is 2.00 bits per heavy atom. The van der Waals surface area contributed by atoms with Gasteiger partial charge in [0.1, 0.15) is 5.82 Å². The molecule has 22 heavy (non-hydrogen) atoms. The summed E-state index contributed by atoms with van der Waals surface area (Å²) >= 11 is 7.23. The molecule has 0 aliphatic carbocycles. The highest BCUT2D eigenvalue weighted by atomic mass is 35.5.